The topological polar surface area (TPSA) is 325 Å². The van der Waals surface area contributed by atoms with E-state index in [1.54, 1.807) is 0 Å². The van der Waals surface area contributed by atoms with Gasteiger partial charge in [-0.1, -0.05) is 12.2 Å². The summed E-state index contributed by atoms with van der Waals surface area (Å²) in [6.07, 6.45) is -6.34. The minimum Gasteiger partial charge on any atom is -0.390 e. The van der Waals surface area contributed by atoms with Crippen LogP contribution in [0.3, 0.4) is 0 Å². The van der Waals surface area contributed by atoms with Gasteiger partial charge >= 0.3 is 29.2 Å². The first-order valence-corrected chi connectivity index (χ1v) is 18.0. The number of nitrogens with zero attached hydrogens (tertiary/aromatic N) is 6. The van der Waals surface area contributed by atoms with Gasteiger partial charge < -0.3 is 45.2 Å². The maximum absolute atomic E-state index is 12.5. The predicted molar refractivity (Wildman–Crippen MR) is 154 cm³/mol. The van der Waals surface area contributed by atoms with Gasteiger partial charge in [-0.2, -0.15) is 8.62 Å². The summed E-state index contributed by atoms with van der Waals surface area (Å²) in [6, 6.07) is 1.34. The summed E-state index contributed by atoms with van der Waals surface area (Å²) >= 11 is 4.97. The Bertz CT molecular complexity index is 1910. The van der Waals surface area contributed by atoms with Crippen molar-refractivity contribution in [3.05, 3.63) is 40.0 Å². The number of nitrogens with two attached hydrogens (primary N) is 1. The number of phosphoric ester groups is 2. The number of imidazole rings is 1. The lowest BCUT2D eigenvalue weighted by Crippen LogP contribution is -2.37. The third kappa shape index (κ3) is 7.94. The van der Waals surface area contributed by atoms with Gasteiger partial charge in [0.1, 0.15) is 47.1 Å². The van der Waals surface area contributed by atoms with Crippen molar-refractivity contribution in [2.45, 2.75) is 49.4 Å². The number of phosphoric acid groups is 3. The van der Waals surface area contributed by atoms with E-state index < -0.39 is 85.3 Å². The summed E-state index contributed by atoms with van der Waals surface area (Å²) < 4.78 is 68.9. The fourth-order valence-corrected chi connectivity index (χ4v) is 8.31. The van der Waals surface area contributed by atoms with Gasteiger partial charge in [0.25, 0.3) is 0 Å². The fourth-order valence-electron chi connectivity index (χ4n) is 4.65. The highest BCUT2D eigenvalue weighted by atomic mass is 32.1. The molecule has 260 valence electrons. The highest BCUT2D eigenvalue weighted by molar-refractivity contribution is 7.71. The normalized spacial score (nSPS) is 30.2. The SMILES string of the molecule is Cn1c(=S)ccn([C@@H]2O[C@H](COP(=O)(O)OP(=O)(O)OP(=O)(O)OC[C@H]3O[C@H](n4cnc5c(N)ncnc54)C[C@@H]3O)[C@@H](O)[C@H]2O)c1=O. The monoisotopic (exact) mass is 747 g/mol. The van der Waals surface area contributed by atoms with Gasteiger partial charge in [-0.3, -0.25) is 22.7 Å². The van der Waals surface area contributed by atoms with E-state index in [0.29, 0.717) is 0 Å². The molecule has 3 unspecified atom stereocenters. The van der Waals surface area contributed by atoms with Crippen LogP contribution in [-0.2, 0) is 47.9 Å². The predicted octanol–water partition coefficient (Wildman–Crippen LogP) is -1.03. The van der Waals surface area contributed by atoms with Crippen LogP contribution in [0.15, 0.2) is 29.7 Å². The van der Waals surface area contributed by atoms with Gasteiger partial charge in [0.15, 0.2) is 17.7 Å². The lowest BCUT2D eigenvalue weighted by atomic mass is 10.1. The highest BCUT2D eigenvalue weighted by Crippen LogP contribution is 2.67. The largest absolute Gasteiger partial charge is 0.490 e. The molecule has 0 bridgehead atoms. The molecule has 5 heterocycles. The molecule has 2 fully saturated rings. The van der Waals surface area contributed by atoms with E-state index in [9.17, 15) is 48.5 Å². The Morgan fingerprint density at radius 2 is 1.60 bits per heavy atom. The zero-order valence-electron chi connectivity index (χ0n) is 23.7. The summed E-state index contributed by atoms with van der Waals surface area (Å²) in [5.41, 5.74) is 5.58. The van der Waals surface area contributed by atoms with E-state index >= 15 is 0 Å². The average molecular weight is 747 g/mol. The summed E-state index contributed by atoms with van der Waals surface area (Å²) in [5, 5.41) is 31.1. The Morgan fingerprint density at radius 1 is 0.957 bits per heavy atom. The fraction of sp³-hybridized carbons (Fsp3) is 0.550. The van der Waals surface area contributed by atoms with Crippen LogP contribution in [0.5, 0.6) is 0 Å². The molecule has 2 aliphatic heterocycles. The van der Waals surface area contributed by atoms with Gasteiger partial charge in [-0.25, -0.2) is 33.4 Å². The highest BCUT2D eigenvalue weighted by Gasteiger charge is 2.47. The first-order chi connectivity index (χ1) is 21.9. The van der Waals surface area contributed by atoms with Gasteiger partial charge in [-0.15, -0.1) is 0 Å². The zero-order valence-corrected chi connectivity index (χ0v) is 27.2. The number of ether oxygens (including phenoxy) is 2. The lowest BCUT2D eigenvalue weighted by molar-refractivity contribution is -0.0547. The van der Waals surface area contributed by atoms with Crippen LogP contribution in [0, 0.1) is 4.64 Å². The second-order valence-corrected chi connectivity index (χ2v) is 15.2. The molecular formula is C20H28N7O16P3S. The molecule has 0 aromatic carbocycles. The molecule has 10 atom stereocenters. The Morgan fingerprint density at radius 3 is 2.26 bits per heavy atom. The molecule has 47 heavy (non-hydrogen) atoms. The number of aliphatic hydroxyl groups excluding tert-OH is 3. The minimum absolute atomic E-state index is 0.0556. The Hall–Kier alpha value is -2.34. The Kier molecular flexibility index (Phi) is 10.3. The molecule has 3 aromatic heterocycles. The van der Waals surface area contributed by atoms with Crippen molar-refractivity contribution in [1.29, 1.82) is 0 Å². The van der Waals surface area contributed by atoms with Crippen molar-refractivity contribution in [3.8, 4) is 0 Å². The van der Waals surface area contributed by atoms with E-state index in [-0.39, 0.29) is 28.0 Å². The number of aromatic nitrogens is 6. The van der Waals surface area contributed by atoms with Crippen molar-refractivity contribution in [1.82, 2.24) is 28.7 Å². The maximum Gasteiger partial charge on any atom is 0.490 e. The summed E-state index contributed by atoms with van der Waals surface area (Å²) in [5.74, 6) is 0.0956. The van der Waals surface area contributed by atoms with Crippen LogP contribution in [-0.4, -0.2) is 102 Å². The number of hydrogen-bond donors (Lipinski definition) is 7. The van der Waals surface area contributed by atoms with Gasteiger partial charge in [0.05, 0.1) is 25.6 Å². The lowest BCUT2D eigenvalue weighted by Gasteiger charge is -2.21. The van der Waals surface area contributed by atoms with Crippen molar-refractivity contribution in [3.63, 3.8) is 0 Å². The Balaban J connectivity index is 1.14. The van der Waals surface area contributed by atoms with E-state index in [0.717, 1.165) is 9.13 Å². The third-order valence-electron chi connectivity index (χ3n) is 6.95. The van der Waals surface area contributed by atoms with Crippen LogP contribution in [0.1, 0.15) is 18.9 Å². The van der Waals surface area contributed by atoms with Crippen molar-refractivity contribution in [2.24, 2.45) is 7.05 Å². The van der Waals surface area contributed by atoms with Crippen molar-refractivity contribution < 1.29 is 70.8 Å². The van der Waals surface area contributed by atoms with E-state index in [1.165, 1.54) is 36.5 Å². The second-order valence-electron chi connectivity index (χ2n) is 10.1. The average Bonchev–Trinajstić information content (AvgIpc) is 3.65. The number of hydrogen-bond acceptors (Lipinski definition) is 18. The van der Waals surface area contributed by atoms with Gasteiger partial charge in [0.2, 0.25) is 0 Å². The zero-order chi connectivity index (χ0) is 34.5. The molecule has 23 nitrogen and oxygen atoms in total. The first-order valence-electron chi connectivity index (χ1n) is 13.1. The number of anilines is 1. The number of fused-ring (bicyclic) bond motifs is 1. The molecule has 0 radical (unpaired) electrons. The second kappa shape index (κ2) is 13.5. The number of nitrogen functional groups attached to an aromatic ring is 1. The first kappa shape index (κ1) is 36.0. The van der Waals surface area contributed by atoms with Crippen molar-refractivity contribution >= 4 is 52.7 Å². The number of rotatable bonds is 12. The number of aliphatic hydroxyl groups is 3. The smallest absolute Gasteiger partial charge is 0.390 e. The van der Waals surface area contributed by atoms with Crippen LogP contribution in [0.2, 0.25) is 0 Å². The van der Waals surface area contributed by atoms with Crippen molar-refractivity contribution in [2.75, 3.05) is 18.9 Å². The third-order valence-corrected chi connectivity index (χ3v) is 11.6. The van der Waals surface area contributed by atoms with E-state index in [1.807, 2.05) is 0 Å². The molecule has 0 spiro atoms. The maximum atomic E-state index is 12.5. The van der Waals surface area contributed by atoms with Gasteiger partial charge in [0, 0.05) is 19.7 Å². The molecule has 3 aromatic rings. The van der Waals surface area contributed by atoms with Crippen LogP contribution in [0.25, 0.3) is 11.2 Å². The van der Waals surface area contributed by atoms with Gasteiger partial charge in [-0.05, 0) is 6.07 Å². The molecule has 0 aliphatic carbocycles. The molecule has 2 saturated heterocycles. The molecule has 0 amide bonds. The molecule has 0 saturated carbocycles. The van der Waals surface area contributed by atoms with Crippen LogP contribution in [0.4, 0.5) is 5.82 Å². The molecule has 2 aliphatic rings. The van der Waals surface area contributed by atoms with Crippen LogP contribution >= 0.6 is 35.7 Å². The Labute approximate surface area is 267 Å². The minimum atomic E-state index is -5.89. The molecule has 27 heteroatoms. The quantitative estimate of drug-likeness (QED) is 0.0860. The summed E-state index contributed by atoms with van der Waals surface area (Å²) in [6.45, 7) is -1.90. The molecule has 5 rings (SSSR count). The summed E-state index contributed by atoms with van der Waals surface area (Å²) in [4.78, 5) is 54.2. The summed E-state index contributed by atoms with van der Waals surface area (Å²) in [7, 11) is -15.7. The molecule has 8 N–H and O–H groups in total. The molecular weight excluding hydrogens is 719 g/mol. The standard InChI is InChI=1S/C20H28N7O16P3S/c1-25-13(47)2-3-26(20(25)31)19-16(30)15(29)11(41-19)6-39-45(34,35)43-46(36,37)42-44(32,33)38-5-10-9(28)4-12(40-10)27-8-24-14-17(21)22-7-23-18(14)27/h2-3,7-12,15-16,19,28-30H,4-6H2,1H3,(H,32,33)(H,34,35)(H,36,37)(H2,21,22,23)/t9-,10+,11+,12-,15+,16+,19+/m0/s1. The van der Waals surface area contributed by atoms with E-state index in [4.69, 9.17) is 27.4 Å². The van der Waals surface area contributed by atoms with E-state index in [2.05, 4.69) is 32.6 Å². The van der Waals surface area contributed by atoms with Crippen LogP contribution < -0.4 is 11.4 Å².